The molecule has 0 aliphatic rings. The summed E-state index contributed by atoms with van der Waals surface area (Å²) >= 11 is 0. The van der Waals surface area contributed by atoms with E-state index in [2.05, 4.69) is 0 Å². The van der Waals surface area contributed by atoms with Gasteiger partial charge in [0, 0.05) is 0 Å². The first-order valence-electron chi connectivity index (χ1n) is 1.59. The van der Waals surface area contributed by atoms with Gasteiger partial charge in [-0.25, -0.2) is 0 Å². The van der Waals surface area contributed by atoms with Gasteiger partial charge in [-0.15, -0.1) is 0 Å². The van der Waals surface area contributed by atoms with Crippen LogP contribution < -0.4 is 0 Å². The molecule has 0 saturated carbocycles. The average Bonchev–Trinajstić information content (AvgIpc) is 1.31. The number of aliphatic hydroxyl groups is 1. The van der Waals surface area contributed by atoms with E-state index in [1.807, 2.05) is 0 Å². The van der Waals surface area contributed by atoms with E-state index in [0.717, 1.165) is 6.92 Å². The van der Waals surface area contributed by atoms with Gasteiger partial charge in [-0.3, -0.25) is 4.55 Å². The van der Waals surface area contributed by atoms with Crippen LogP contribution in [0.15, 0.2) is 0 Å². The van der Waals surface area contributed by atoms with Crippen LogP contribution >= 0.6 is 0 Å². The molecule has 1 unspecified atom stereocenters. The maximum atomic E-state index is 9.64. The van der Waals surface area contributed by atoms with Gasteiger partial charge in [0.05, 0.1) is 0 Å². The van der Waals surface area contributed by atoms with Gasteiger partial charge in [-0.1, -0.05) is 0 Å². The third-order valence-electron chi connectivity index (χ3n) is 0.431. The monoisotopic (exact) mass is 248 g/mol. The second kappa shape index (κ2) is 3.65. The Kier molecular flexibility index (Phi) is 5.23. The number of rotatable bonds is 1. The van der Waals surface area contributed by atoms with Gasteiger partial charge in [0.25, 0.3) is 10.1 Å². The molecular weight excluding hydrogens is 239 g/mol. The summed E-state index contributed by atoms with van der Waals surface area (Å²) in [4.78, 5) is 0. The molecule has 0 saturated heterocycles. The summed E-state index contributed by atoms with van der Waals surface area (Å²) in [5.41, 5.74) is -1.67. The van der Waals surface area contributed by atoms with Gasteiger partial charge < -0.3 is 5.11 Å². The summed E-state index contributed by atoms with van der Waals surface area (Å²) in [5, 5.41) is 8.05. The van der Waals surface area contributed by atoms with Gasteiger partial charge >= 0.3 is 23.9 Å². The number of hydrogen-bond acceptors (Lipinski definition) is 3. The molecule has 4 nitrogen and oxygen atoms in total. The van der Waals surface area contributed by atoms with Crippen molar-refractivity contribution in [1.29, 1.82) is 0 Å². The first-order valence-corrected chi connectivity index (χ1v) is 3.09. The average molecular weight is 247 g/mol. The van der Waals surface area contributed by atoms with Crippen molar-refractivity contribution in [1.82, 2.24) is 0 Å². The van der Waals surface area contributed by atoms with Crippen molar-refractivity contribution in [3.05, 3.63) is 0 Å². The van der Waals surface area contributed by atoms with Crippen LogP contribution in [0.3, 0.4) is 0 Å². The predicted molar refractivity (Wildman–Crippen MR) is 31.8 cm³/mol. The second-order valence-electron chi connectivity index (χ2n) is 1.11. The Bertz CT molecular complexity index is 136. The van der Waals surface area contributed by atoms with Gasteiger partial charge in [-0.2, -0.15) is 8.42 Å². The van der Waals surface area contributed by atoms with Crippen molar-refractivity contribution in [2.75, 3.05) is 0 Å². The molecule has 0 heterocycles. The van der Waals surface area contributed by atoms with Crippen LogP contribution in [0.2, 0.25) is 0 Å². The molecule has 8 heavy (non-hydrogen) atoms. The first kappa shape index (κ1) is 11.5. The van der Waals surface area contributed by atoms with Crippen molar-refractivity contribution in [2.24, 2.45) is 0 Å². The molecule has 0 aliphatic carbocycles. The zero-order chi connectivity index (χ0) is 6.08. The summed E-state index contributed by atoms with van der Waals surface area (Å²) in [6.07, 6.45) is 0. The third-order valence-corrected chi connectivity index (χ3v) is 1.29. The van der Waals surface area contributed by atoms with E-state index < -0.39 is 15.6 Å². The SMILES string of the molecule is CC(O)S(=O)(=O)O.[SnH2]. The Morgan fingerprint density at radius 1 is 1.50 bits per heavy atom. The van der Waals surface area contributed by atoms with Crippen LogP contribution in [0.25, 0.3) is 0 Å². The van der Waals surface area contributed by atoms with E-state index in [1.54, 1.807) is 0 Å². The molecule has 0 aliphatic heterocycles. The van der Waals surface area contributed by atoms with Crippen molar-refractivity contribution in [3.8, 4) is 0 Å². The molecular formula is C2H8O4SSn. The summed E-state index contributed by atoms with van der Waals surface area (Å²) in [6, 6.07) is 0. The maximum absolute atomic E-state index is 9.64. The standard InChI is InChI=1S/C2H6O4S.Sn.2H/c1-2(3)7(4,5)6;;;/h2-3H,1H3,(H,4,5,6);;;. The van der Waals surface area contributed by atoms with Crippen molar-refractivity contribution >= 4 is 34.0 Å². The van der Waals surface area contributed by atoms with Gasteiger partial charge in [-0.05, 0) is 6.92 Å². The molecule has 1 atom stereocenters. The molecule has 0 bridgehead atoms. The molecule has 0 amide bonds. The summed E-state index contributed by atoms with van der Waals surface area (Å²) in [6.45, 7) is 0.968. The van der Waals surface area contributed by atoms with Gasteiger partial charge in [0.2, 0.25) is 0 Å². The van der Waals surface area contributed by atoms with Crippen LogP contribution in [-0.4, -0.2) is 47.4 Å². The summed E-state index contributed by atoms with van der Waals surface area (Å²) in [7, 11) is -4.19. The molecule has 50 valence electrons. The van der Waals surface area contributed by atoms with Crippen LogP contribution in [-0.2, 0) is 10.1 Å². The fourth-order valence-electron chi connectivity index (χ4n) is 0. The van der Waals surface area contributed by atoms with Crippen LogP contribution in [0.4, 0.5) is 0 Å². The molecule has 0 aromatic carbocycles. The number of hydrogen-bond donors (Lipinski definition) is 2. The minimum absolute atomic E-state index is 0. The van der Waals surface area contributed by atoms with Crippen LogP contribution in [0, 0.1) is 0 Å². The van der Waals surface area contributed by atoms with E-state index in [0.29, 0.717) is 0 Å². The van der Waals surface area contributed by atoms with Gasteiger partial charge in [0.1, 0.15) is 0 Å². The van der Waals surface area contributed by atoms with Crippen LogP contribution in [0.5, 0.6) is 0 Å². The van der Waals surface area contributed by atoms with Gasteiger partial charge in [0.15, 0.2) is 5.44 Å². The van der Waals surface area contributed by atoms with E-state index in [-0.39, 0.29) is 23.9 Å². The van der Waals surface area contributed by atoms with E-state index in [4.69, 9.17) is 9.66 Å². The summed E-state index contributed by atoms with van der Waals surface area (Å²) < 4.78 is 27.1. The molecule has 2 radical (unpaired) electrons. The van der Waals surface area contributed by atoms with Crippen molar-refractivity contribution in [2.45, 2.75) is 12.4 Å². The minimum atomic E-state index is -4.19. The molecule has 0 spiro atoms. The second-order valence-corrected chi connectivity index (χ2v) is 2.83. The Hall–Kier alpha value is 0.669. The molecule has 2 N–H and O–H groups in total. The first-order chi connectivity index (χ1) is 2.94. The van der Waals surface area contributed by atoms with Crippen LogP contribution in [0.1, 0.15) is 6.92 Å². The van der Waals surface area contributed by atoms with E-state index >= 15 is 0 Å². The quantitative estimate of drug-likeness (QED) is 0.427. The zero-order valence-electron chi connectivity index (χ0n) is 4.40. The Morgan fingerprint density at radius 3 is 1.62 bits per heavy atom. The fourth-order valence-corrected chi connectivity index (χ4v) is 0. The third kappa shape index (κ3) is 4.82. The molecule has 6 heteroatoms. The van der Waals surface area contributed by atoms with Crippen molar-refractivity contribution < 1.29 is 18.1 Å². The van der Waals surface area contributed by atoms with E-state index in [9.17, 15) is 8.42 Å². The molecule has 0 rings (SSSR count). The fraction of sp³-hybridized carbons (Fsp3) is 1.00. The van der Waals surface area contributed by atoms with Crippen molar-refractivity contribution in [3.63, 3.8) is 0 Å². The molecule has 0 aromatic rings. The predicted octanol–water partition coefficient (Wildman–Crippen LogP) is -1.70. The zero-order valence-corrected chi connectivity index (χ0v) is 9.26. The normalized spacial score (nSPS) is 14.4. The number of aliphatic hydroxyl groups excluding tert-OH is 1. The molecule has 0 fully saturated rings. The Morgan fingerprint density at radius 2 is 1.62 bits per heavy atom. The Labute approximate surface area is 64.6 Å². The Balaban J connectivity index is 0. The van der Waals surface area contributed by atoms with E-state index in [1.165, 1.54) is 0 Å². The topological polar surface area (TPSA) is 74.6 Å². The summed E-state index contributed by atoms with van der Waals surface area (Å²) in [5.74, 6) is 0. The molecule has 0 aromatic heterocycles.